The fourth-order valence-electron chi connectivity index (χ4n) is 1.85. The summed E-state index contributed by atoms with van der Waals surface area (Å²) >= 11 is 2.14. The second-order valence-electron chi connectivity index (χ2n) is 4.75. The van der Waals surface area contributed by atoms with Crippen LogP contribution in [0.4, 0.5) is 24.8 Å². The predicted molar refractivity (Wildman–Crippen MR) is 90.0 cm³/mol. The molecule has 0 saturated heterocycles. The molecule has 23 heavy (non-hydrogen) atoms. The van der Waals surface area contributed by atoms with Gasteiger partial charge in [0.25, 0.3) is 0 Å². The van der Waals surface area contributed by atoms with Gasteiger partial charge in [-0.2, -0.15) is 18.2 Å². The summed E-state index contributed by atoms with van der Waals surface area (Å²) in [4.78, 5) is 9.43. The number of anilines is 2. The molecule has 2 aromatic rings. The van der Waals surface area contributed by atoms with Gasteiger partial charge in [-0.1, -0.05) is 19.1 Å². The lowest BCUT2D eigenvalue weighted by Gasteiger charge is -2.20. The molecule has 0 spiro atoms. The van der Waals surface area contributed by atoms with Crippen LogP contribution in [-0.2, 0) is 6.18 Å². The van der Waals surface area contributed by atoms with Gasteiger partial charge < -0.3 is 9.64 Å². The third-order valence-corrected chi connectivity index (χ3v) is 3.92. The van der Waals surface area contributed by atoms with Crippen molar-refractivity contribution in [3.63, 3.8) is 0 Å². The zero-order valence-electron chi connectivity index (χ0n) is 12.6. The summed E-state index contributed by atoms with van der Waals surface area (Å²) in [6.45, 7) is 1.97. The smallest absolute Gasteiger partial charge is 0.423 e. The van der Waals surface area contributed by atoms with E-state index in [4.69, 9.17) is 4.74 Å². The quantitative estimate of drug-likeness (QED) is 0.639. The molecule has 0 atom stereocenters. The highest BCUT2D eigenvalue weighted by atomic mass is 127. The molecule has 0 aliphatic heterocycles. The fourth-order valence-corrected chi connectivity index (χ4v) is 2.60. The maximum Gasteiger partial charge on any atom is 0.423 e. The Morgan fingerprint density at radius 3 is 2.57 bits per heavy atom. The van der Waals surface area contributed by atoms with Crippen LogP contribution in [0.1, 0.15) is 18.9 Å². The van der Waals surface area contributed by atoms with Gasteiger partial charge in [0.1, 0.15) is 5.56 Å². The first-order chi connectivity index (χ1) is 10.8. The number of ether oxygens (including phenoxy) is 1. The Bertz CT molecular complexity index is 679. The Morgan fingerprint density at radius 1 is 1.26 bits per heavy atom. The van der Waals surface area contributed by atoms with E-state index in [9.17, 15) is 13.2 Å². The second-order valence-corrected chi connectivity index (χ2v) is 5.91. The number of halogens is 4. The highest BCUT2D eigenvalue weighted by molar-refractivity contribution is 14.1. The van der Waals surface area contributed by atoms with E-state index in [1.54, 1.807) is 11.9 Å². The summed E-state index contributed by atoms with van der Waals surface area (Å²) in [6.07, 6.45) is -3.20. The van der Waals surface area contributed by atoms with E-state index in [2.05, 4.69) is 32.6 Å². The molecular weight excluding hydrogens is 422 g/mol. The minimum atomic E-state index is -4.55. The van der Waals surface area contributed by atoms with Gasteiger partial charge >= 0.3 is 6.18 Å². The summed E-state index contributed by atoms with van der Waals surface area (Å²) in [5.41, 5.74) is -0.167. The van der Waals surface area contributed by atoms with Crippen LogP contribution >= 0.6 is 22.6 Å². The van der Waals surface area contributed by atoms with E-state index < -0.39 is 17.6 Å². The van der Waals surface area contributed by atoms with Gasteiger partial charge in [0.2, 0.25) is 11.8 Å². The van der Waals surface area contributed by atoms with Crippen molar-refractivity contribution in [1.29, 1.82) is 0 Å². The van der Waals surface area contributed by atoms with Crippen molar-refractivity contribution < 1.29 is 17.9 Å². The van der Waals surface area contributed by atoms with Crippen molar-refractivity contribution in [2.24, 2.45) is 0 Å². The summed E-state index contributed by atoms with van der Waals surface area (Å²) in [6, 6.07) is 7.45. The van der Waals surface area contributed by atoms with Crippen LogP contribution in [0, 0.1) is 3.57 Å². The van der Waals surface area contributed by atoms with Crippen LogP contribution in [0.2, 0.25) is 0 Å². The zero-order valence-corrected chi connectivity index (χ0v) is 14.7. The van der Waals surface area contributed by atoms with Crippen molar-refractivity contribution in [3.8, 4) is 5.88 Å². The third kappa shape index (κ3) is 4.24. The SMILES string of the molecule is CCCOc1nc(N(C)c2ccccc2I)ncc1C(F)(F)F. The molecule has 8 heteroatoms. The number of hydrogen-bond donors (Lipinski definition) is 0. The number of rotatable bonds is 5. The Labute approximate surface area is 145 Å². The van der Waals surface area contributed by atoms with E-state index in [0.717, 1.165) is 15.5 Å². The predicted octanol–water partition coefficient (Wildman–Crippen LogP) is 4.66. The fraction of sp³-hybridized carbons (Fsp3) is 0.333. The maximum absolute atomic E-state index is 13.0. The Hall–Kier alpha value is -1.58. The normalized spacial score (nSPS) is 11.4. The van der Waals surface area contributed by atoms with Crippen LogP contribution in [0.15, 0.2) is 30.5 Å². The minimum absolute atomic E-state index is 0.146. The van der Waals surface area contributed by atoms with Crippen LogP contribution < -0.4 is 9.64 Å². The summed E-state index contributed by atoms with van der Waals surface area (Å²) in [7, 11) is 1.70. The average Bonchev–Trinajstić information content (AvgIpc) is 2.51. The number of hydrogen-bond acceptors (Lipinski definition) is 4. The molecule has 0 aliphatic carbocycles. The van der Waals surface area contributed by atoms with Gasteiger partial charge in [-0.05, 0) is 41.1 Å². The van der Waals surface area contributed by atoms with Gasteiger partial charge in [-0.25, -0.2) is 4.98 Å². The molecular formula is C15H15F3IN3O. The molecule has 0 N–H and O–H groups in total. The van der Waals surface area contributed by atoms with Crippen molar-refractivity contribution in [2.75, 3.05) is 18.6 Å². The van der Waals surface area contributed by atoms with Gasteiger partial charge in [0, 0.05) is 16.8 Å². The van der Waals surface area contributed by atoms with Crippen LogP contribution in [-0.4, -0.2) is 23.6 Å². The highest BCUT2D eigenvalue weighted by Gasteiger charge is 2.36. The van der Waals surface area contributed by atoms with E-state index in [-0.39, 0.29) is 12.6 Å². The number of alkyl halides is 3. The zero-order chi connectivity index (χ0) is 17.0. The van der Waals surface area contributed by atoms with E-state index in [1.807, 2.05) is 31.2 Å². The standard InChI is InChI=1S/C15H15F3IN3O/c1-3-8-23-13-10(15(16,17)18)9-20-14(21-13)22(2)12-7-5-4-6-11(12)19/h4-7,9H,3,8H2,1-2H3. The first kappa shape index (κ1) is 17.8. The summed E-state index contributed by atoms with van der Waals surface area (Å²) < 4.78 is 45.2. The molecule has 2 rings (SSSR count). The van der Waals surface area contributed by atoms with Crippen LogP contribution in [0.3, 0.4) is 0 Å². The summed E-state index contributed by atoms with van der Waals surface area (Å²) in [5, 5.41) is 0. The topological polar surface area (TPSA) is 38.2 Å². The Morgan fingerprint density at radius 2 is 1.96 bits per heavy atom. The molecule has 0 amide bonds. The van der Waals surface area contributed by atoms with E-state index in [0.29, 0.717) is 6.42 Å². The van der Waals surface area contributed by atoms with Gasteiger partial charge in [-0.15, -0.1) is 0 Å². The Balaban J connectivity index is 2.42. The number of benzene rings is 1. The molecule has 0 saturated carbocycles. The number of nitrogens with zero attached hydrogens (tertiary/aromatic N) is 3. The molecule has 1 heterocycles. The summed E-state index contributed by atoms with van der Waals surface area (Å²) in [5.74, 6) is -0.296. The highest BCUT2D eigenvalue weighted by Crippen LogP contribution is 2.36. The molecule has 4 nitrogen and oxygen atoms in total. The molecule has 1 aromatic heterocycles. The lowest BCUT2D eigenvalue weighted by Crippen LogP contribution is -2.18. The minimum Gasteiger partial charge on any atom is -0.477 e. The molecule has 1 aromatic carbocycles. The lowest BCUT2D eigenvalue weighted by atomic mass is 10.3. The van der Waals surface area contributed by atoms with Gasteiger partial charge in [0.15, 0.2) is 0 Å². The van der Waals surface area contributed by atoms with Gasteiger partial charge in [-0.3, -0.25) is 0 Å². The van der Waals surface area contributed by atoms with Crippen molar-refractivity contribution in [3.05, 3.63) is 39.6 Å². The molecule has 0 aliphatic rings. The largest absolute Gasteiger partial charge is 0.477 e. The number of aromatic nitrogens is 2. The number of para-hydroxylation sites is 1. The second kappa shape index (κ2) is 7.33. The van der Waals surface area contributed by atoms with Crippen LogP contribution in [0.5, 0.6) is 5.88 Å². The van der Waals surface area contributed by atoms with E-state index >= 15 is 0 Å². The lowest BCUT2D eigenvalue weighted by molar-refractivity contribution is -0.139. The van der Waals surface area contributed by atoms with Gasteiger partial charge in [0.05, 0.1) is 12.3 Å². The first-order valence-corrected chi connectivity index (χ1v) is 7.97. The molecule has 0 bridgehead atoms. The third-order valence-electron chi connectivity index (χ3n) is 3.00. The van der Waals surface area contributed by atoms with Crippen molar-refractivity contribution in [2.45, 2.75) is 19.5 Å². The molecule has 0 unspecified atom stereocenters. The molecule has 0 fully saturated rings. The molecule has 0 radical (unpaired) electrons. The average molecular weight is 437 g/mol. The first-order valence-electron chi connectivity index (χ1n) is 6.90. The van der Waals surface area contributed by atoms with Crippen molar-refractivity contribution in [1.82, 2.24) is 9.97 Å². The maximum atomic E-state index is 13.0. The van der Waals surface area contributed by atoms with Crippen LogP contribution in [0.25, 0.3) is 0 Å². The molecule has 124 valence electrons. The van der Waals surface area contributed by atoms with Crippen molar-refractivity contribution >= 4 is 34.2 Å². The van der Waals surface area contributed by atoms with E-state index in [1.165, 1.54) is 0 Å². The monoisotopic (exact) mass is 437 g/mol. The Kier molecular flexibility index (Phi) is 5.66.